The Labute approximate surface area is 102 Å². The first kappa shape index (κ1) is 11.6. The van der Waals surface area contributed by atoms with Crippen LogP contribution in [-0.4, -0.2) is 6.29 Å². The molecule has 0 amide bonds. The predicted octanol–water partition coefficient (Wildman–Crippen LogP) is 4.04. The van der Waals surface area contributed by atoms with Crippen LogP contribution < -0.4 is 0 Å². The molecule has 0 aromatic heterocycles. The van der Waals surface area contributed by atoms with Crippen LogP contribution in [0.5, 0.6) is 0 Å². The average molecular weight is 224 g/mol. The Kier molecular flexibility index (Phi) is 3.38. The van der Waals surface area contributed by atoms with Crippen molar-refractivity contribution in [3.05, 3.63) is 59.2 Å². The Balaban J connectivity index is 2.54. The van der Waals surface area contributed by atoms with Crippen molar-refractivity contribution >= 4 is 6.29 Å². The molecule has 0 fully saturated rings. The van der Waals surface area contributed by atoms with E-state index in [2.05, 4.69) is 38.1 Å². The summed E-state index contributed by atoms with van der Waals surface area (Å²) in [6.45, 7) is 4.22. The fourth-order valence-electron chi connectivity index (χ4n) is 1.98. The molecule has 0 atom stereocenters. The zero-order chi connectivity index (χ0) is 12.3. The van der Waals surface area contributed by atoms with Crippen molar-refractivity contribution < 1.29 is 4.79 Å². The molecule has 0 spiro atoms. The molecule has 0 aliphatic heterocycles. The lowest BCUT2D eigenvalue weighted by atomic mass is 9.96. The first-order valence-corrected chi connectivity index (χ1v) is 5.89. The van der Waals surface area contributed by atoms with Gasteiger partial charge in [0.1, 0.15) is 6.29 Å². The van der Waals surface area contributed by atoms with Gasteiger partial charge in [-0.05, 0) is 41.7 Å². The quantitative estimate of drug-likeness (QED) is 0.719. The summed E-state index contributed by atoms with van der Waals surface area (Å²) in [5.74, 6) is 0. The Morgan fingerprint density at radius 2 is 1.94 bits per heavy atom. The summed E-state index contributed by atoms with van der Waals surface area (Å²) in [5.41, 5.74) is 5.57. The van der Waals surface area contributed by atoms with Crippen LogP contribution in [0.25, 0.3) is 11.1 Å². The van der Waals surface area contributed by atoms with Gasteiger partial charge in [0.25, 0.3) is 0 Å². The third-order valence-corrected chi connectivity index (χ3v) is 3.04. The van der Waals surface area contributed by atoms with Gasteiger partial charge < -0.3 is 0 Å². The SMILES string of the molecule is CCc1cccc(-c2cc(C=O)ccc2C)c1. The molecule has 0 bridgehead atoms. The van der Waals surface area contributed by atoms with Gasteiger partial charge in [-0.15, -0.1) is 0 Å². The fourth-order valence-corrected chi connectivity index (χ4v) is 1.98. The van der Waals surface area contributed by atoms with Crippen molar-refractivity contribution in [1.29, 1.82) is 0 Å². The third-order valence-electron chi connectivity index (χ3n) is 3.04. The lowest BCUT2D eigenvalue weighted by molar-refractivity contribution is 0.112. The van der Waals surface area contributed by atoms with Crippen molar-refractivity contribution in [3.8, 4) is 11.1 Å². The third kappa shape index (κ3) is 2.44. The number of carbonyl (C=O) groups is 1. The smallest absolute Gasteiger partial charge is 0.150 e. The van der Waals surface area contributed by atoms with Gasteiger partial charge in [0.15, 0.2) is 0 Å². The molecular formula is C16H16O. The summed E-state index contributed by atoms with van der Waals surface area (Å²) in [4.78, 5) is 10.8. The lowest BCUT2D eigenvalue weighted by Gasteiger charge is -2.08. The highest BCUT2D eigenvalue weighted by atomic mass is 16.1. The molecule has 0 unspecified atom stereocenters. The zero-order valence-corrected chi connectivity index (χ0v) is 10.2. The normalized spacial score (nSPS) is 10.2. The maximum Gasteiger partial charge on any atom is 0.150 e. The Hall–Kier alpha value is -1.89. The molecule has 0 heterocycles. The molecule has 1 heteroatoms. The molecule has 17 heavy (non-hydrogen) atoms. The van der Waals surface area contributed by atoms with Gasteiger partial charge in [-0.2, -0.15) is 0 Å². The molecule has 0 aliphatic rings. The zero-order valence-electron chi connectivity index (χ0n) is 10.2. The van der Waals surface area contributed by atoms with Crippen molar-refractivity contribution in [2.75, 3.05) is 0 Å². The molecule has 0 N–H and O–H groups in total. The second kappa shape index (κ2) is 4.96. The summed E-state index contributed by atoms with van der Waals surface area (Å²) in [5, 5.41) is 0. The summed E-state index contributed by atoms with van der Waals surface area (Å²) < 4.78 is 0. The number of benzene rings is 2. The van der Waals surface area contributed by atoms with Gasteiger partial charge >= 0.3 is 0 Å². The minimum atomic E-state index is 0.729. The maximum atomic E-state index is 10.8. The van der Waals surface area contributed by atoms with Crippen LogP contribution in [0, 0.1) is 6.92 Å². The fraction of sp³-hybridized carbons (Fsp3) is 0.188. The first-order chi connectivity index (χ1) is 8.24. The number of hydrogen-bond acceptors (Lipinski definition) is 1. The number of hydrogen-bond donors (Lipinski definition) is 0. The van der Waals surface area contributed by atoms with Crippen molar-refractivity contribution in [2.24, 2.45) is 0 Å². The average Bonchev–Trinajstić information content (AvgIpc) is 2.39. The molecular weight excluding hydrogens is 208 g/mol. The molecule has 1 nitrogen and oxygen atoms in total. The molecule has 2 aromatic carbocycles. The molecule has 2 aromatic rings. The standard InChI is InChI=1S/C16H16O/c1-3-13-5-4-6-15(9-13)16-10-14(11-17)8-7-12(16)2/h4-11H,3H2,1-2H3. The summed E-state index contributed by atoms with van der Waals surface area (Å²) in [7, 11) is 0. The van der Waals surface area contributed by atoms with Gasteiger partial charge in [-0.25, -0.2) is 0 Å². The number of carbonyl (C=O) groups excluding carboxylic acids is 1. The number of rotatable bonds is 3. The highest BCUT2D eigenvalue weighted by Crippen LogP contribution is 2.25. The lowest BCUT2D eigenvalue weighted by Crippen LogP contribution is -1.88. The first-order valence-electron chi connectivity index (χ1n) is 5.89. The van der Waals surface area contributed by atoms with Crippen LogP contribution in [0.1, 0.15) is 28.4 Å². The van der Waals surface area contributed by atoms with Crippen molar-refractivity contribution in [1.82, 2.24) is 0 Å². The van der Waals surface area contributed by atoms with Gasteiger partial charge in [0, 0.05) is 5.56 Å². The highest BCUT2D eigenvalue weighted by Gasteiger charge is 2.03. The Bertz CT molecular complexity index is 541. The number of aryl methyl sites for hydroxylation is 2. The molecule has 0 aliphatic carbocycles. The van der Waals surface area contributed by atoms with Crippen molar-refractivity contribution in [3.63, 3.8) is 0 Å². The molecule has 0 radical (unpaired) electrons. The summed E-state index contributed by atoms with van der Waals surface area (Å²) >= 11 is 0. The Morgan fingerprint density at radius 1 is 1.12 bits per heavy atom. The Morgan fingerprint density at radius 3 is 2.65 bits per heavy atom. The second-order valence-corrected chi connectivity index (χ2v) is 4.25. The topological polar surface area (TPSA) is 17.1 Å². The van der Waals surface area contributed by atoms with E-state index >= 15 is 0 Å². The van der Waals surface area contributed by atoms with E-state index in [9.17, 15) is 4.79 Å². The summed E-state index contributed by atoms with van der Waals surface area (Å²) in [6.07, 6.45) is 1.92. The van der Waals surface area contributed by atoms with E-state index in [-0.39, 0.29) is 0 Å². The van der Waals surface area contributed by atoms with E-state index in [0.717, 1.165) is 23.8 Å². The van der Waals surface area contributed by atoms with Gasteiger partial charge in [0.05, 0.1) is 0 Å². The molecule has 86 valence electrons. The van der Waals surface area contributed by atoms with Crippen LogP contribution in [0.15, 0.2) is 42.5 Å². The van der Waals surface area contributed by atoms with E-state index in [1.807, 2.05) is 18.2 Å². The van der Waals surface area contributed by atoms with Gasteiger partial charge in [-0.1, -0.05) is 43.3 Å². The van der Waals surface area contributed by atoms with Gasteiger partial charge in [0.2, 0.25) is 0 Å². The highest BCUT2D eigenvalue weighted by molar-refractivity contribution is 5.80. The molecule has 2 rings (SSSR count). The van der Waals surface area contributed by atoms with E-state index in [1.165, 1.54) is 16.7 Å². The minimum Gasteiger partial charge on any atom is -0.298 e. The van der Waals surface area contributed by atoms with Gasteiger partial charge in [-0.3, -0.25) is 4.79 Å². The van der Waals surface area contributed by atoms with E-state index in [0.29, 0.717) is 0 Å². The van der Waals surface area contributed by atoms with Crippen LogP contribution in [0.4, 0.5) is 0 Å². The van der Waals surface area contributed by atoms with Crippen molar-refractivity contribution in [2.45, 2.75) is 20.3 Å². The molecule has 0 saturated heterocycles. The van der Waals surface area contributed by atoms with E-state index in [4.69, 9.17) is 0 Å². The van der Waals surface area contributed by atoms with E-state index in [1.54, 1.807) is 0 Å². The van der Waals surface area contributed by atoms with Crippen LogP contribution in [0.2, 0.25) is 0 Å². The van der Waals surface area contributed by atoms with Crippen LogP contribution in [0.3, 0.4) is 0 Å². The maximum absolute atomic E-state index is 10.8. The molecule has 0 saturated carbocycles. The van der Waals surface area contributed by atoms with Crippen LogP contribution in [-0.2, 0) is 6.42 Å². The predicted molar refractivity (Wildman–Crippen MR) is 71.4 cm³/mol. The van der Waals surface area contributed by atoms with Crippen LogP contribution >= 0.6 is 0 Å². The van der Waals surface area contributed by atoms with E-state index < -0.39 is 0 Å². The largest absolute Gasteiger partial charge is 0.298 e. The second-order valence-electron chi connectivity index (χ2n) is 4.25. The minimum absolute atomic E-state index is 0.729. The summed E-state index contributed by atoms with van der Waals surface area (Å²) in [6, 6.07) is 14.3. The number of aldehydes is 1. The monoisotopic (exact) mass is 224 g/mol.